The lowest BCUT2D eigenvalue weighted by Gasteiger charge is -1.99. The summed E-state index contributed by atoms with van der Waals surface area (Å²) in [4.78, 5) is 14.7. The standard InChI is InChI=1S/C21H17N3O4S/c1-11-12(2)22-21-20(11)29-18(24(21)10-19(25)26)9-17-23-14-8-13(5-6-16(14)28-17)15-4-3-7-27-15/h3-9,22H,10H2,1-2H3,(H,25,26)/p+1. The van der Waals surface area contributed by atoms with Gasteiger partial charge in [-0.3, -0.25) is 0 Å². The first kappa shape index (κ1) is 17.6. The van der Waals surface area contributed by atoms with E-state index in [0.29, 0.717) is 11.6 Å². The van der Waals surface area contributed by atoms with Gasteiger partial charge in [-0.15, -0.1) is 0 Å². The van der Waals surface area contributed by atoms with Gasteiger partial charge < -0.3 is 19.6 Å². The average molecular weight is 408 g/mol. The van der Waals surface area contributed by atoms with Crippen LogP contribution in [0.5, 0.6) is 5.75 Å². The van der Waals surface area contributed by atoms with Crippen LogP contribution in [0.25, 0.3) is 27.7 Å². The molecule has 0 spiro atoms. The summed E-state index contributed by atoms with van der Waals surface area (Å²) >= 11 is 1.54. The number of carbonyl (C=O) groups is 1. The topological polar surface area (TPSA) is 91.4 Å². The predicted octanol–water partition coefficient (Wildman–Crippen LogP) is 4.28. The monoisotopic (exact) mass is 408 g/mol. The van der Waals surface area contributed by atoms with Crippen molar-refractivity contribution >= 4 is 39.4 Å². The highest BCUT2D eigenvalue weighted by molar-refractivity contribution is 7.19. The molecule has 0 aliphatic carbocycles. The minimum Gasteiger partial charge on any atom is -0.478 e. The van der Waals surface area contributed by atoms with Crippen LogP contribution in [-0.4, -0.2) is 16.1 Å². The van der Waals surface area contributed by atoms with Gasteiger partial charge in [-0.2, -0.15) is 0 Å². The first-order valence-corrected chi connectivity index (χ1v) is 9.89. The molecule has 0 atom stereocenters. The summed E-state index contributed by atoms with van der Waals surface area (Å²) < 4.78 is 14.2. The van der Waals surface area contributed by atoms with Crippen LogP contribution in [0.1, 0.15) is 16.3 Å². The molecule has 0 radical (unpaired) electrons. The number of furan rings is 1. The van der Waals surface area contributed by atoms with Crippen LogP contribution in [0.15, 0.2) is 46.9 Å². The zero-order valence-electron chi connectivity index (χ0n) is 15.8. The van der Waals surface area contributed by atoms with Crippen LogP contribution < -0.4 is 14.6 Å². The van der Waals surface area contributed by atoms with E-state index < -0.39 is 5.97 Å². The van der Waals surface area contributed by atoms with Crippen molar-refractivity contribution in [3.8, 4) is 17.1 Å². The molecule has 1 aliphatic rings. The quantitative estimate of drug-likeness (QED) is 0.439. The summed E-state index contributed by atoms with van der Waals surface area (Å²) in [5.41, 5.74) is 4.76. The molecule has 8 heteroatoms. The zero-order chi connectivity index (χ0) is 20.1. The van der Waals surface area contributed by atoms with Crippen molar-refractivity contribution in [2.24, 2.45) is 0 Å². The molecule has 3 N–H and O–H groups in total. The summed E-state index contributed by atoms with van der Waals surface area (Å²) in [6.07, 6.45) is 3.48. The second kappa shape index (κ2) is 6.52. The minimum atomic E-state index is -0.897. The van der Waals surface area contributed by atoms with E-state index in [2.05, 4.69) is 10.3 Å². The number of hydrogen-bond acceptors (Lipinski definition) is 5. The van der Waals surface area contributed by atoms with Gasteiger partial charge in [0.1, 0.15) is 16.2 Å². The second-order valence-electron chi connectivity index (χ2n) is 6.90. The van der Waals surface area contributed by atoms with Gasteiger partial charge in [-0.25, -0.2) is 14.3 Å². The van der Waals surface area contributed by atoms with Crippen LogP contribution >= 0.6 is 11.3 Å². The Hall–Kier alpha value is -3.52. The first-order chi connectivity index (χ1) is 14.0. The summed E-state index contributed by atoms with van der Waals surface area (Å²) in [6, 6.07) is 9.54. The van der Waals surface area contributed by atoms with Crippen molar-refractivity contribution in [3.63, 3.8) is 0 Å². The van der Waals surface area contributed by atoms with E-state index in [9.17, 15) is 9.90 Å². The number of carboxylic acid groups (broad SMARTS) is 1. The SMILES string of the molecule is Cc1[nH]c2c(sc(/C=C3/Nc4cc(-c5ccco5)ccc4O3)[n+]2CC(=O)O)c1C. The molecule has 0 saturated heterocycles. The van der Waals surface area contributed by atoms with Crippen LogP contribution in [0.3, 0.4) is 0 Å². The van der Waals surface area contributed by atoms with Crippen molar-refractivity contribution in [2.75, 3.05) is 5.32 Å². The molecule has 1 aromatic carbocycles. The molecule has 5 rings (SSSR count). The number of aryl methyl sites for hydroxylation is 2. The molecule has 7 nitrogen and oxygen atoms in total. The highest BCUT2D eigenvalue weighted by Gasteiger charge is 2.26. The molecule has 29 heavy (non-hydrogen) atoms. The van der Waals surface area contributed by atoms with Crippen LogP contribution in [0, 0.1) is 13.8 Å². The fourth-order valence-corrected chi connectivity index (χ4v) is 4.63. The number of aromatic nitrogens is 2. The van der Waals surface area contributed by atoms with E-state index in [-0.39, 0.29) is 6.54 Å². The number of thiazole rings is 1. The Kier molecular flexibility index (Phi) is 3.95. The zero-order valence-corrected chi connectivity index (χ0v) is 16.6. The fourth-order valence-electron chi connectivity index (χ4n) is 3.43. The van der Waals surface area contributed by atoms with E-state index in [1.165, 1.54) is 11.3 Å². The lowest BCUT2D eigenvalue weighted by Crippen LogP contribution is -2.39. The number of hydrogen-bond donors (Lipinski definition) is 3. The molecule has 0 bridgehead atoms. The molecule has 0 unspecified atom stereocenters. The number of nitrogens with one attached hydrogen (secondary N) is 2. The third kappa shape index (κ3) is 2.98. The number of anilines is 1. The first-order valence-electron chi connectivity index (χ1n) is 9.07. The summed E-state index contributed by atoms with van der Waals surface area (Å²) in [7, 11) is 0. The molecule has 1 aliphatic heterocycles. The molecule has 3 aromatic heterocycles. The Balaban J connectivity index is 1.52. The highest BCUT2D eigenvalue weighted by Crippen LogP contribution is 2.38. The maximum atomic E-state index is 11.4. The third-order valence-electron chi connectivity index (χ3n) is 4.98. The predicted molar refractivity (Wildman–Crippen MR) is 110 cm³/mol. The van der Waals surface area contributed by atoms with Crippen molar-refractivity contribution in [2.45, 2.75) is 20.4 Å². The number of benzene rings is 1. The highest BCUT2D eigenvalue weighted by atomic mass is 32.1. The van der Waals surface area contributed by atoms with Gasteiger partial charge in [-0.05, 0) is 44.2 Å². The average Bonchev–Trinajstić information content (AvgIpc) is 3.44. The van der Waals surface area contributed by atoms with Gasteiger partial charge >= 0.3 is 5.97 Å². The largest absolute Gasteiger partial charge is 0.478 e. The van der Waals surface area contributed by atoms with Crippen LogP contribution in [-0.2, 0) is 11.3 Å². The number of H-pyrrole nitrogens is 1. The number of nitrogens with zero attached hydrogens (tertiary/aromatic N) is 1. The second-order valence-corrected chi connectivity index (χ2v) is 7.93. The molecule has 4 heterocycles. The molecule has 4 aromatic rings. The van der Waals surface area contributed by atoms with Gasteiger partial charge in [0.25, 0.3) is 5.65 Å². The van der Waals surface area contributed by atoms with E-state index in [0.717, 1.165) is 43.6 Å². The normalized spacial score (nSPS) is 14.2. The maximum absolute atomic E-state index is 11.4. The molecular weight excluding hydrogens is 390 g/mol. The number of ether oxygens (including phenoxy) is 1. The molecule has 0 saturated carbocycles. The minimum absolute atomic E-state index is 0.131. The van der Waals surface area contributed by atoms with Crippen LogP contribution in [0.4, 0.5) is 5.69 Å². The van der Waals surface area contributed by atoms with Gasteiger partial charge in [-0.1, -0.05) is 11.3 Å². The summed E-state index contributed by atoms with van der Waals surface area (Å²) in [6.45, 7) is 3.89. The van der Waals surface area contributed by atoms with E-state index in [4.69, 9.17) is 9.15 Å². The number of rotatable bonds is 4. The van der Waals surface area contributed by atoms with Crippen LogP contribution in [0.2, 0.25) is 0 Å². The van der Waals surface area contributed by atoms with E-state index in [1.54, 1.807) is 10.8 Å². The maximum Gasteiger partial charge on any atom is 0.346 e. The Morgan fingerprint density at radius 3 is 2.93 bits per heavy atom. The molecule has 146 valence electrons. The van der Waals surface area contributed by atoms with Gasteiger partial charge in [0.15, 0.2) is 17.3 Å². The molecule has 0 amide bonds. The Bertz CT molecular complexity index is 1280. The molecule has 0 fully saturated rings. The van der Waals surface area contributed by atoms with Gasteiger partial charge in [0.05, 0.1) is 18.0 Å². The smallest absolute Gasteiger partial charge is 0.346 e. The van der Waals surface area contributed by atoms with Crippen molar-refractivity contribution in [1.82, 2.24) is 4.98 Å². The lowest BCUT2D eigenvalue weighted by atomic mass is 10.1. The van der Waals surface area contributed by atoms with Crippen molar-refractivity contribution in [3.05, 3.63) is 58.7 Å². The van der Waals surface area contributed by atoms with E-state index in [1.807, 2.05) is 50.3 Å². The van der Waals surface area contributed by atoms with E-state index >= 15 is 0 Å². The van der Waals surface area contributed by atoms with Gasteiger partial charge in [0.2, 0.25) is 5.88 Å². The summed E-state index contributed by atoms with van der Waals surface area (Å²) in [5, 5.41) is 13.4. The Morgan fingerprint density at radius 1 is 1.31 bits per heavy atom. The molecular formula is C21H18N3O4S+. The van der Waals surface area contributed by atoms with Gasteiger partial charge in [0, 0.05) is 11.1 Å². The van der Waals surface area contributed by atoms with Crippen molar-refractivity contribution < 1.29 is 23.6 Å². The number of fused-ring (bicyclic) bond motifs is 2. The number of aromatic amines is 1. The lowest BCUT2D eigenvalue weighted by molar-refractivity contribution is -0.659. The fraction of sp³-hybridized carbons (Fsp3) is 0.143. The Morgan fingerprint density at radius 2 is 2.17 bits per heavy atom. The van der Waals surface area contributed by atoms with Crippen molar-refractivity contribution in [1.29, 1.82) is 0 Å². The summed E-state index contributed by atoms with van der Waals surface area (Å²) in [5.74, 6) is 1.15. The Labute approximate surface area is 169 Å². The number of carboxylic acids is 1. The number of aliphatic carboxylic acids is 1. The third-order valence-corrected chi connectivity index (χ3v) is 6.23.